The second kappa shape index (κ2) is 10.3. The van der Waals surface area contributed by atoms with Crippen molar-refractivity contribution in [2.24, 2.45) is 0 Å². The van der Waals surface area contributed by atoms with Crippen molar-refractivity contribution in [3.63, 3.8) is 0 Å². The first-order chi connectivity index (χ1) is 14.1. The third kappa shape index (κ3) is 6.40. The molecule has 0 heterocycles. The highest BCUT2D eigenvalue weighted by atomic mass is 19.3. The minimum absolute atomic E-state index is 0.0764. The summed E-state index contributed by atoms with van der Waals surface area (Å²) >= 11 is 0. The summed E-state index contributed by atoms with van der Waals surface area (Å²) in [4.78, 5) is 12.3. The van der Waals surface area contributed by atoms with E-state index in [0.29, 0.717) is 6.54 Å². The zero-order valence-corrected chi connectivity index (χ0v) is 15.8. The Morgan fingerprint density at radius 3 is 2.07 bits per heavy atom. The molecule has 0 fully saturated rings. The highest BCUT2D eigenvalue weighted by molar-refractivity contribution is 5.76. The molecule has 0 bridgehead atoms. The maximum absolute atomic E-state index is 12.4. The highest BCUT2D eigenvalue weighted by Crippen LogP contribution is 2.22. The van der Waals surface area contributed by atoms with Crippen LogP contribution in [0.5, 0.6) is 5.75 Å². The van der Waals surface area contributed by atoms with Crippen LogP contribution >= 0.6 is 0 Å². The Morgan fingerprint density at radius 1 is 0.862 bits per heavy atom. The number of carbonyl (C=O) groups excluding carboxylic acids is 1. The average molecular weight is 397 g/mol. The van der Waals surface area contributed by atoms with Gasteiger partial charge in [0, 0.05) is 17.7 Å². The van der Waals surface area contributed by atoms with Crippen LogP contribution in [0, 0.1) is 0 Å². The van der Waals surface area contributed by atoms with Gasteiger partial charge in [0.15, 0.2) is 6.54 Å². The molecule has 29 heavy (non-hydrogen) atoms. The Morgan fingerprint density at radius 2 is 1.45 bits per heavy atom. The number of ether oxygens (including phenoxy) is 1. The Labute approximate surface area is 168 Å². The van der Waals surface area contributed by atoms with E-state index in [4.69, 9.17) is 0 Å². The molecule has 1 atom stereocenters. The van der Waals surface area contributed by atoms with Gasteiger partial charge < -0.3 is 15.4 Å². The number of nitrogens with two attached hydrogens (primary N) is 1. The summed E-state index contributed by atoms with van der Waals surface area (Å²) < 4.78 is 29.2. The lowest BCUT2D eigenvalue weighted by atomic mass is 9.98. The van der Waals surface area contributed by atoms with Crippen molar-refractivity contribution in [3.8, 4) is 5.75 Å². The van der Waals surface area contributed by atoms with E-state index >= 15 is 0 Å². The van der Waals surface area contributed by atoms with E-state index < -0.39 is 6.61 Å². The van der Waals surface area contributed by atoms with E-state index in [1.807, 2.05) is 66.0 Å². The van der Waals surface area contributed by atoms with Gasteiger partial charge >= 0.3 is 6.61 Å². The van der Waals surface area contributed by atoms with E-state index in [1.54, 1.807) is 12.1 Å². The van der Waals surface area contributed by atoms with E-state index in [-0.39, 0.29) is 24.2 Å². The van der Waals surface area contributed by atoms with Crippen LogP contribution in [0.15, 0.2) is 84.9 Å². The fourth-order valence-corrected chi connectivity index (χ4v) is 3.08. The number of amides is 1. The van der Waals surface area contributed by atoms with Crippen LogP contribution in [0.25, 0.3) is 0 Å². The lowest BCUT2D eigenvalue weighted by molar-refractivity contribution is -0.676. The standard InChI is InChI=1S/C23H22F2N2O2/c24-23(25)29-20-13-11-19(12-14-20)22(18-9-5-2-6-10-18)27-16-21(28)26-15-17-7-3-1-4-8-17/h1-14,22-23,27H,15-16H2,(H,26,28)/p+1/t22-/m1/s1. The number of alkyl halides is 2. The van der Waals surface area contributed by atoms with Gasteiger partial charge in [-0.05, 0) is 29.8 Å². The smallest absolute Gasteiger partial charge is 0.387 e. The van der Waals surface area contributed by atoms with Crippen molar-refractivity contribution in [1.29, 1.82) is 0 Å². The molecule has 6 heteroatoms. The lowest BCUT2D eigenvalue weighted by Crippen LogP contribution is -2.87. The van der Waals surface area contributed by atoms with E-state index in [9.17, 15) is 13.6 Å². The van der Waals surface area contributed by atoms with Gasteiger partial charge in [-0.1, -0.05) is 60.7 Å². The molecule has 0 saturated carbocycles. The lowest BCUT2D eigenvalue weighted by Gasteiger charge is -2.17. The van der Waals surface area contributed by atoms with Crippen LogP contribution in [-0.4, -0.2) is 19.1 Å². The molecule has 0 radical (unpaired) electrons. The minimum atomic E-state index is -2.86. The van der Waals surface area contributed by atoms with E-state index in [1.165, 1.54) is 12.1 Å². The molecular formula is C23H23F2N2O2+. The van der Waals surface area contributed by atoms with Gasteiger partial charge in [0.1, 0.15) is 11.8 Å². The van der Waals surface area contributed by atoms with Crippen LogP contribution in [-0.2, 0) is 11.3 Å². The number of quaternary nitrogens is 1. The largest absolute Gasteiger partial charge is 0.435 e. The number of hydrogen-bond donors (Lipinski definition) is 2. The van der Waals surface area contributed by atoms with Gasteiger partial charge in [-0.25, -0.2) is 0 Å². The maximum atomic E-state index is 12.4. The molecule has 3 aromatic rings. The minimum Gasteiger partial charge on any atom is -0.435 e. The zero-order chi connectivity index (χ0) is 20.5. The van der Waals surface area contributed by atoms with Crippen molar-refractivity contribution >= 4 is 5.91 Å². The SMILES string of the molecule is O=C(C[NH2+][C@H](c1ccccc1)c1ccc(OC(F)F)cc1)NCc1ccccc1. The van der Waals surface area contributed by atoms with Crippen LogP contribution < -0.4 is 15.4 Å². The number of halogens is 2. The fourth-order valence-electron chi connectivity index (χ4n) is 3.08. The van der Waals surface area contributed by atoms with Crippen LogP contribution in [0.4, 0.5) is 8.78 Å². The summed E-state index contributed by atoms with van der Waals surface area (Å²) in [6.45, 7) is -2.14. The van der Waals surface area contributed by atoms with Crippen molar-refractivity contribution in [2.75, 3.05) is 6.54 Å². The highest BCUT2D eigenvalue weighted by Gasteiger charge is 2.19. The van der Waals surface area contributed by atoms with E-state index in [0.717, 1.165) is 16.7 Å². The number of hydrogen-bond acceptors (Lipinski definition) is 2. The molecule has 0 saturated heterocycles. The molecule has 3 N–H and O–H groups in total. The van der Waals surface area contributed by atoms with Gasteiger partial charge in [-0.2, -0.15) is 8.78 Å². The molecule has 0 aliphatic carbocycles. The second-order valence-corrected chi connectivity index (χ2v) is 6.54. The third-order valence-electron chi connectivity index (χ3n) is 4.49. The fraction of sp³-hybridized carbons (Fsp3) is 0.174. The Hall–Kier alpha value is -3.25. The number of carbonyl (C=O) groups is 1. The molecule has 1 amide bonds. The molecule has 0 spiro atoms. The molecule has 0 aromatic heterocycles. The predicted octanol–water partition coefficient (Wildman–Crippen LogP) is 3.26. The first-order valence-corrected chi connectivity index (χ1v) is 9.35. The van der Waals surface area contributed by atoms with Crippen molar-refractivity contribution in [2.45, 2.75) is 19.2 Å². The first kappa shape index (κ1) is 20.5. The zero-order valence-electron chi connectivity index (χ0n) is 15.8. The summed E-state index contributed by atoms with van der Waals surface area (Å²) in [7, 11) is 0. The molecule has 150 valence electrons. The number of nitrogens with one attached hydrogen (secondary N) is 1. The van der Waals surface area contributed by atoms with Gasteiger partial charge in [0.05, 0.1) is 0 Å². The third-order valence-corrected chi connectivity index (χ3v) is 4.49. The van der Waals surface area contributed by atoms with Crippen LogP contribution in [0.3, 0.4) is 0 Å². The summed E-state index contributed by atoms with van der Waals surface area (Å²) in [6, 6.07) is 25.8. The maximum Gasteiger partial charge on any atom is 0.387 e. The summed E-state index contributed by atoms with van der Waals surface area (Å²) in [5.74, 6) is 0.0311. The molecule has 3 aromatic carbocycles. The van der Waals surface area contributed by atoms with Crippen LogP contribution in [0.2, 0.25) is 0 Å². The molecule has 0 aliphatic heterocycles. The van der Waals surface area contributed by atoms with Crippen LogP contribution in [0.1, 0.15) is 22.7 Å². The first-order valence-electron chi connectivity index (χ1n) is 9.35. The molecule has 0 unspecified atom stereocenters. The Balaban J connectivity index is 1.65. The Bertz CT molecular complexity index is 888. The molecule has 4 nitrogen and oxygen atoms in total. The monoisotopic (exact) mass is 397 g/mol. The normalized spacial score (nSPS) is 11.8. The van der Waals surface area contributed by atoms with Gasteiger partial charge in [-0.15, -0.1) is 0 Å². The van der Waals surface area contributed by atoms with Crippen molar-refractivity contribution in [1.82, 2.24) is 5.32 Å². The summed E-state index contributed by atoms with van der Waals surface area (Å²) in [5.41, 5.74) is 2.95. The summed E-state index contributed by atoms with van der Waals surface area (Å²) in [6.07, 6.45) is 0. The van der Waals surface area contributed by atoms with Gasteiger partial charge in [0.25, 0.3) is 5.91 Å². The van der Waals surface area contributed by atoms with Gasteiger partial charge in [-0.3, -0.25) is 4.79 Å². The molecule has 3 rings (SSSR count). The second-order valence-electron chi connectivity index (χ2n) is 6.54. The van der Waals surface area contributed by atoms with E-state index in [2.05, 4.69) is 10.1 Å². The number of benzene rings is 3. The van der Waals surface area contributed by atoms with Crippen molar-refractivity contribution < 1.29 is 23.6 Å². The predicted molar refractivity (Wildman–Crippen MR) is 106 cm³/mol. The summed E-state index contributed by atoms with van der Waals surface area (Å²) in [5, 5.41) is 4.84. The topological polar surface area (TPSA) is 54.9 Å². The quantitative estimate of drug-likeness (QED) is 0.582. The average Bonchev–Trinajstić information content (AvgIpc) is 2.74. The Kier molecular flexibility index (Phi) is 7.30. The number of rotatable bonds is 9. The van der Waals surface area contributed by atoms with Crippen molar-refractivity contribution in [3.05, 3.63) is 102 Å². The van der Waals surface area contributed by atoms with Gasteiger partial charge in [0.2, 0.25) is 0 Å². The molecule has 0 aliphatic rings. The molecular weight excluding hydrogens is 374 g/mol.